The zero-order chi connectivity index (χ0) is 9.02. The van der Waals surface area contributed by atoms with Crippen LogP contribution in [0.4, 0.5) is 0 Å². The van der Waals surface area contributed by atoms with E-state index in [4.69, 9.17) is 16.6 Å². The Labute approximate surface area is 65.1 Å². The minimum Gasteiger partial charge on any atom is -0.364 e. The summed E-state index contributed by atoms with van der Waals surface area (Å²) < 4.78 is 0. The summed E-state index contributed by atoms with van der Waals surface area (Å²) in [6.07, 6.45) is 1.53. The van der Waals surface area contributed by atoms with Gasteiger partial charge in [-0.1, -0.05) is 0 Å². The first-order valence-corrected chi connectivity index (χ1v) is 3.11. The molecule has 11 heavy (non-hydrogen) atoms. The summed E-state index contributed by atoms with van der Waals surface area (Å²) in [4.78, 5) is 10.4. The van der Waals surface area contributed by atoms with Crippen molar-refractivity contribution in [2.24, 2.45) is 5.73 Å². The van der Waals surface area contributed by atoms with E-state index in [1.807, 2.05) is 0 Å². The maximum Gasteiger partial charge on any atom is 0.266 e. The van der Waals surface area contributed by atoms with Gasteiger partial charge in [0, 0.05) is 13.0 Å². The number of nitrogens with two attached hydrogens (primary N) is 2. The molecule has 0 aromatic carbocycles. The fourth-order valence-electron chi connectivity index (χ4n) is 0.608. The van der Waals surface area contributed by atoms with Crippen LogP contribution in [0, 0.1) is 5.41 Å². The van der Waals surface area contributed by atoms with Crippen molar-refractivity contribution < 1.29 is 10.2 Å². The molecule has 0 rings (SSSR count). The van der Waals surface area contributed by atoms with Gasteiger partial charge >= 0.3 is 0 Å². The lowest BCUT2D eigenvalue weighted by atomic mass is 10.1. The number of hydrogen-bond acceptors (Lipinski definition) is 2. The van der Waals surface area contributed by atoms with Gasteiger partial charge in [0.2, 0.25) is 0 Å². The van der Waals surface area contributed by atoms with Crippen LogP contribution in [0.15, 0.2) is 11.6 Å². The molecule has 1 amide bonds. The molecule has 4 nitrogen and oxygen atoms in total. The van der Waals surface area contributed by atoms with E-state index in [1.54, 1.807) is 13.8 Å². The zero-order valence-corrected chi connectivity index (χ0v) is 6.64. The number of hydrogen-bond donors (Lipinski definition) is 3. The van der Waals surface area contributed by atoms with Crippen molar-refractivity contribution in [2.75, 3.05) is 0 Å². The van der Waals surface area contributed by atoms with Gasteiger partial charge < -0.3 is 5.73 Å². The minimum atomic E-state index is -0.736. The molecule has 5 N–H and O–H groups in total. The zero-order valence-electron chi connectivity index (χ0n) is 6.64. The molecule has 4 heteroatoms. The second-order valence-electron chi connectivity index (χ2n) is 2.31. The molecular weight excluding hydrogens is 142 g/mol. The molecule has 0 saturated carbocycles. The predicted molar refractivity (Wildman–Crippen MR) is 43.3 cm³/mol. The van der Waals surface area contributed by atoms with Crippen molar-refractivity contribution in [3.05, 3.63) is 11.6 Å². The van der Waals surface area contributed by atoms with Crippen LogP contribution in [-0.2, 0) is 4.79 Å². The number of primary amides is 1. The van der Waals surface area contributed by atoms with Crippen molar-refractivity contribution in [1.29, 1.82) is 5.41 Å². The second-order valence-corrected chi connectivity index (χ2v) is 2.31. The van der Waals surface area contributed by atoms with Gasteiger partial charge in [-0.15, -0.1) is 0 Å². The topological polar surface area (TPSA) is 92.5 Å². The number of rotatable bonds is 3. The molecule has 0 aliphatic heterocycles. The Morgan fingerprint density at radius 2 is 2.00 bits per heavy atom. The van der Waals surface area contributed by atoms with E-state index in [0.717, 1.165) is 0 Å². The number of nitrogens with one attached hydrogen (secondary N) is 1. The van der Waals surface area contributed by atoms with Crippen molar-refractivity contribution in [3.8, 4) is 0 Å². The van der Waals surface area contributed by atoms with Crippen LogP contribution in [0.5, 0.6) is 0 Å². The lowest BCUT2D eigenvalue weighted by molar-refractivity contribution is -0.112. The van der Waals surface area contributed by atoms with Crippen LogP contribution in [0.25, 0.3) is 0 Å². The Hall–Kier alpha value is -1.45. The van der Waals surface area contributed by atoms with E-state index < -0.39 is 5.91 Å². The smallest absolute Gasteiger partial charge is 0.266 e. The van der Waals surface area contributed by atoms with Crippen LogP contribution >= 0.6 is 0 Å². The van der Waals surface area contributed by atoms with E-state index in [9.17, 15) is 4.79 Å². The molecule has 60 valence electrons. The molecule has 0 aliphatic rings. The van der Waals surface area contributed by atoms with Gasteiger partial charge in [0.15, 0.2) is 5.71 Å². The molecule has 0 unspecified atom stereocenters. The molecule has 0 heterocycles. The summed E-state index contributed by atoms with van der Waals surface area (Å²) in [5.74, 6) is -0.736. The first-order chi connectivity index (χ1) is 4.95. The molecule has 0 aromatic rings. The van der Waals surface area contributed by atoms with Gasteiger partial charge in [0.1, 0.15) is 5.71 Å². The lowest BCUT2D eigenvalue weighted by Crippen LogP contribution is -2.36. The van der Waals surface area contributed by atoms with E-state index in [-0.39, 0.29) is 5.71 Å². The third-order valence-corrected chi connectivity index (χ3v) is 1.08. The summed E-state index contributed by atoms with van der Waals surface area (Å²) in [5.41, 5.74) is 5.69. The first kappa shape index (κ1) is 9.55. The molecule has 0 aromatic heterocycles. The van der Waals surface area contributed by atoms with Crippen LogP contribution in [0.2, 0.25) is 0 Å². The quantitative estimate of drug-likeness (QED) is 0.431. The minimum absolute atomic E-state index is 0.199. The Morgan fingerprint density at radius 1 is 1.55 bits per heavy atom. The maximum atomic E-state index is 10.4. The van der Waals surface area contributed by atoms with Gasteiger partial charge in [-0.25, -0.2) is 0 Å². The lowest BCUT2D eigenvalue weighted by Gasteiger charge is -1.95. The van der Waals surface area contributed by atoms with Crippen molar-refractivity contribution >= 4 is 17.3 Å². The highest BCUT2D eigenvalue weighted by Crippen LogP contribution is 1.93. The third-order valence-electron chi connectivity index (χ3n) is 1.08. The number of amides is 1. The molecule has 0 aliphatic carbocycles. The Balaban J connectivity index is 4.49. The molecule has 0 fully saturated rings. The van der Waals surface area contributed by atoms with Gasteiger partial charge in [-0.2, -0.15) is 0 Å². The van der Waals surface area contributed by atoms with E-state index in [0.29, 0.717) is 11.3 Å². The highest BCUT2D eigenvalue weighted by molar-refractivity contribution is 6.43. The van der Waals surface area contributed by atoms with Crippen LogP contribution in [0.1, 0.15) is 13.8 Å². The SMILES string of the molecule is CC(=[NH2+])/C=C(/C)C(=N)C(N)=O. The van der Waals surface area contributed by atoms with Gasteiger partial charge in [-0.3, -0.25) is 15.6 Å². The predicted octanol–water partition coefficient (Wildman–Crippen LogP) is -1.34. The normalized spacial score (nSPS) is 10.9. The van der Waals surface area contributed by atoms with Crippen LogP contribution < -0.4 is 11.1 Å². The highest BCUT2D eigenvalue weighted by atomic mass is 16.1. The maximum absolute atomic E-state index is 10.4. The van der Waals surface area contributed by atoms with Gasteiger partial charge in [-0.05, 0) is 12.5 Å². The highest BCUT2D eigenvalue weighted by Gasteiger charge is 2.06. The molecule has 0 bridgehead atoms. The van der Waals surface area contributed by atoms with E-state index in [1.165, 1.54) is 6.08 Å². The molecule has 0 saturated heterocycles. The Morgan fingerprint density at radius 3 is 2.27 bits per heavy atom. The van der Waals surface area contributed by atoms with E-state index >= 15 is 0 Å². The summed E-state index contributed by atoms with van der Waals surface area (Å²) in [5, 5.41) is 12.5. The Kier molecular flexibility index (Phi) is 3.17. The van der Waals surface area contributed by atoms with Crippen LogP contribution in [0.3, 0.4) is 0 Å². The van der Waals surface area contributed by atoms with E-state index in [2.05, 4.69) is 0 Å². The average molecular weight is 154 g/mol. The Bertz CT molecular complexity index is 240. The number of allylic oxidation sites excluding steroid dienone is 1. The van der Waals surface area contributed by atoms with Gasteiger partial charge in [0.25, 0.3) is 5.91 Å². The molecule has 0 atom stereocenters. The number of carbonyl (C=O) groups is 1. The fourth-order valence-corrected chi connectivity index (χ4v) is 0.608. The summed E-state index contributed by atoms with van der Waals surface area (Å²) in [6.45, 7) is 3.29. The largest absolute Gasteiger partial charge is 0.364 e. The second kappa shape index (κ2) is 3.65. The monoisotopic (exact) mass is 154 g/mol. The standard InChI is InChI=1S/C7H11N3O/c1-4(3-5(2)8)6(9)7(10)11/h3,8-9H,1-2H3,(H2,10,11)/p+1/b4-3-,8-5?,9-6?. The summed E-state index contributed by atoms with van der Waals surface area (Å²) >= 11 is 0. The van der Waals surface area contributed by atoms with Crippen molar-refractivity contribution in [2.45, 2.75) is 13.8 Å². The fraction of sp³-hybridized carbons (Fsp3) is 0.286. The van der Waals surface area contributed by atoms with Gasteiger partial charge in [0.05, 0.1) is 0 Å². The molecular formula is C7H12N3O+. The van der Waals surface area contributed by atoms with Crippen molar-refractivity contribution in [3.63, 3.8) is 0 Å². The van der Waals surface area contributed by atoms with Crippen LogP contribution in [-0.4, -0.2) is 17.3 Å². The third kappa shape index (κ3) is 3.30. The summed E-state index contributed by atoms with van der Waals surface area (Å²) in [6, 6.07) is 0. The number of carbonyl (C=O) groups excluding carboxylic acids is 1. The first-order valence-electron chi connectivity index (χ1n) is 3.11. The van der Waals surface area contributed by atoms with Crippen molar-refractivity contribution in [1.82, 2.24) is 0 Å². The molecule has 0 radical (unpaired) electrons. The summed E-state index contributed by atoms with van der Waals surface area (Å²) in [7, 11) is 0. The molecule has 0 spiro atoms. The average Bonchev–Trinajstić information content (AvgIpc) is 1.84.